The zero-order valence-electron chi connectivity index (χ0n) is 7.14. The van der Waals surface area contributed by atoms with Crippen molar-refractivity contribution in [1.29, 1.82) is 0 Å². The van der Waals surface area contributed by atoms with E-state index in [0.717, 1.165) is 11.3 Å². The van der Waals surface area contributed by atoms with Crippen LogP contribution in [0.1, 0.15) is 25.1 Å². The number of hydrogen-bond acceptors (Lipinski definition) is 3. The first-order valence-electron chi connectivity index (χ1n) is 3.93. The van der Waals surface area contributed by atoms with E-state index in [1.165, 1.54) is 6.33 Å². The van der Waals surface area contributed by atoms with Crippen molar-refractivity contribution in [1.82, 2.24) is 15.3 Å². The summed E-state index contributed by atoms with van der Waals surface area (Å²) in [4.78, 5) is 18.0. The molecule has 1 aromatic heterocycles. The normalized spacial score (nSPS) is 19.2. The average Bonchev–Trinajstić information content (AvgIpc) is 2.30. The minimum Gasteiger partial charge on any atom is -0.313 e. The fourth-order valence-electron chi connectivity index (χ4n) is 1.52. The summed E-state index contributed by atoms with van der Waals surface area (Å²) in [6, 6.07) is 0. The van der Waals surface area contributed by atoms with Crippen molar-refractivity contribution < 1.29 is 0 Å². The molecule has 12 heavy (non-hydrogen) atoms. The van der Waals surface area contributed by atoms with Crippen LogP contribution in [0.4, 0.5) is 0 Å². The maximum atomic E-state index is 11.3. The summed E-state index contributed by atoms with van der Waals surface area (Å²) in [5.41, 5.74) is 1.44. The molecule has 0 bridgehead atoms. The lowest BCUT2D eigenvalue weighted by molar-refractivity contribution is 0.433. The second kappa shape index (κ2) is 2.17. The van der Waals surface area contributed by atoms with Gasteiger partial charge in [0.1, 0.15) is 0 Å². The van der Waals surface area contributed by atoms with Crippen molar-refractivity contribution in [3.63, 3.8) is 0 Å². The number of fused-ring (bicyclic) bond motifs is 1. The molecule has 0 amide bonds. The Morgan fingerprint density at radius 1 is 1.58 bits per heavy atom. The molecule has 0 aliphatic carbocycles. The number of rotatable bonds is 0. The molecule has 0 aromatic carbocycles. The molecule has 2 heterocycles. The minimum absolute atomic E-state index is 0.0296. The van der Waals surface area contributed by atoms with Gasteiger partial charge in [-0.2, -0.15) is 0 Å². The molecule has 0 radical (unpaired) electrons. The van der Waals surface area contributed by atoms with E-state index in [1.54, 1.807) is 0 Å². The van der Waals surface area contributed by atoms with Crippen molar-refractivity contribution >= 4 is 0 Å². The van der Waals surface area contributed by atoms with E-state index in [2.05, 4.69) is 15.3 Å². The van der Waals surface area contributed by atoms with E-state index in [9.17, 15) is 4.79 Å². The molecule has 1 aliphatic heterocycles. The van der Waals surface area contributed by atoms with Crippen LogP contribution < -0.4 is 10.9 Å². The van der Waals surface area contributed by atoms with E-state index < -0.39 is 0 Å². The lowest BCUT2D eigenvalue weighted by Crippen LogP contribution is -2.29. The zero-order chi connectivity index (χ0) is 8.77. The third-order valence-corrected chi connectivity index (χ3v) is 2.25. The van der Waals surface area contributed by atoms with Gasteiger partial charge in [0.05, 0.1) is 23.1 Å². The van der Waals surface area contributed by atoms with Gasteiger partial charge in [0.15, 0.2) is 0 Å². The molecule has 0 fully saturated rings. The molecule has 0 spiro atoms. The fourth-order valence-corrected chi connectivity index (χ4v) is 1.52. The van der Waals surface area contributed by atoms with E-state index in [1.807, 2.05) is 13.8 Å². The molecule has 4 nitrogen and oxygen atoms in total. The molecular weight excluding hydrogens is 154 g/mol. The second-order valence-electron chi connectivity index (χ2n) is 3.54. The Morgan fingerprint density at radius 3 is 3.00 bits per heavy atom. The molecular formula is C8H11N3O. The fraction of sp³-hybridized carbons (Fsp3) is 0.500. The smallest absolute Gasteiger partial charge is 0.255 e. The maximum absolute atomic E-state index is 11.3. The SMILES string of the molecule is CC1(C)NCc2c1nc[nH]c2=O. The highest BCUT2D eigenvalue weighted by atomic mass is 16.1. The highest BCUT2D eigenvalue weighted by Crippen LogP contribution is 2.25. The Hall–Kier alpha value is -1.16. The van der Waals surface area contributed by atoms with Gasteiger partial charge in [-0.25, -0.2) is 4.98 Å². The van der Waals surface area contributed by atoms with Gasteiger partial charge < -0.3 is 10.3 Å². The van der Waals surface area contributed by atoms with Gasteiger partial charge in [0.25, 0.3) is 5.56 Å². The second-order valence-corrected chi connectivity index (χ2v) is 3.54. The molecule has 1 aliphatic rings. The summed E-state index contributed by atoms with van der Waals surface area (Å²) >= 11 is 0. The number of nitrogens with zero attached hydrogens (tertiary/aromatic N) is 1. The standard InChI is InChI=1S/C8H11N3O/c1-8(2)6-5(3-11-8)7(12)10-4-9-6/h4,11H,3H2,1-2H3,(H,9,10,12). The average molecular weight is 165 g/mol. The largest absolute Gasteiger partial charge is 0.313 e. The van der Waals surface area contributed by atoms with Gasteiger partial charge in [-0.15, -0.1) is 0 Å². The Bertz CT molecular complexity index is 367. The summed E-state index contributed by atoms with van der Waals surface area (Å²) in [7, 11) is 0. The van der Waals surface area contributed by atoms with Crippen molar-refractivity contribution in [3.05, 3.63) is 27.9 Å². The van der Waals surface area contributed by atoms with E-state index in [4.69, 9.17) is 0 Å². The molecule has 64 valence electrons. The summed E-state index contributed by atoms with van der Waals surface area (Å²) in [5.74, 6) is 0. The first-order valence-corrected chi connectivity index (χ1v) is 3.93. The molecule has 1 aromatic rings. The quantitative estimate of drug-likeness (QED) is 0.573. The predicted octanol–water partition coefficient (Wildman–Crippen LogP) is 0.108. The first-order chi connectivity index (χ1) is 5.61. The first kappa shape index (κ1) is 7.49. The Morgan fingerprint density at radius 2 is 2.33 bits per heavy atom. The van der Waals surface area contributed by atoms with Crippen LogP contribution in [-0.4, -0.2) is 9.97 Å². The van der Waals surface area contributed by atoms with Crippen molar-refractivity contribution in [3.8, 4) is 0 Å². The van der Waals surface area contributed by atoms with Gasteiger partial charge in [-0.05, 0) is 13.8 Å². The third-order valence-electron chi connectivity index (χ3n) is 2.25. The number of aromatic amines is 1. The van der Waals surface area contributed by atoms with Crippen molar-refractivity contribution in [2.24, 2.45) is 0 Å². The van der Waals surface area contributed by atoms with E-state index in [0.29, 0.717) is 6.54 Å². The molecule has 0 saturated heterocycles. The van der Waals surface area contributed by atoms with E-state index in [-0.39, 0.29) is 11.1 Å². The van der Waals surface area contributed by atoms with Gasteiger partial charge in [0.2, 0.25) is 0 Å². The Balaban J connectivity index is 2.69. The third kappa shape index (κ3) is 0.881. The van der Waals surface area contributed by atoms with Crippen LogP contribution in [0.15, 0.2) is 11.1 Å². The van der Waals surface area contributed by atoms with E-state index >= 15 is 0 Å². The Kier molecular flexibility index (Phi) is 1.35. The highest BCUT2D eigenvalue weighted by molar-refractivity contribution is 5.28. The van der Waals surface area contributed by atoms with Gasteiger partial charge >= 0.3 is 0 Å². The van der Waals surface area contributed by atoms with Gasteiger partial charge in [0, 0.05) is 6.54 Å². The van der Waals surface area contributed by atoms with Crippen LogP contribution >= 0.6 is 0 Å². The molecule has 4 heteroatoms. The number of H-pyrrole nitrogens is 1. The summed E-state index contributed by atoms with van der Waals surface area (Å²) in [6.07, 6.45) is 1.45. The zero-order valence-corrected chi connectivity index (χ0v) is 7.14. The molecule has 2 N–H and O–H groups in total. The monoisotopic (exact) mass is 165 g/mol. The van der Waals surface area contributed by atoms with Crippen LogP contribution in [-0.2, 0) is 12.1 Å². The summed E-state index contributed by atoms with van der Waals surface area (Å²) in [5, 5.41) is 3.22. The van der Waals surface area contributed by atoms with Gasteiger partial charge in [-0.3, -0.25) is 4.79 Å². The predicted molar refractivity (Wildman–Crippen MR) is 44.7 cm³/mol. The van der Waals surface area contributed by atoms with Crippen LogP contribution in [0.25, 0.3) is 0 Å². The van der Waals surface area contributed by atoms with Crippen molar-refractivity contribution in [2.75, 3.05) is 0 Å². The number of nitrogens with one attached hydrogen (secondary N) is 2. The maximum Gasteiger partial charge on any atom is 0.255 e. The van der Waals surface area contributed by atoms with Gasteiger partial charge in [-0.1, -0.05) is 0 Å². The molecule has 0 atom stereocenters. The van der Waals surface area contributed by atoms with Crippen LogP contribution in [0.2, 0.25) is 0 Å². The molecule has 2 rings (SSSR count). The van der Waals surface area contributed by atoms with Crippen molar-refractivity contribution in [2.45, 2.75) is 25.9 Å². The topological polar surface area (TPSA) is 57.8 Å². The minimum atomic E-state index is -0.163. The lowest BCUT2D eigenvalue weighted by atomic mass is 10.0. The Labute approximate surface area is 70.0 Å². The van der Waals surface area contributed by atoms with Crippen LogP contribution in [0.5, 0.6) is 0 Å². The number of aromatic nitrogens is 2. The van der Waals surface area contributed by atoms with Crippen LogP contribution in [0, 0.1) is 0 Å². The molecule has 0 saturated carbocycles. The lowest BCUT2D eigenvalue weighted by Gasteiger charge is -2.17. The summed E-state index contributed by atoms with van der Waals surface area (Å²) < 4.78 is 0. The highest BCUT2D eigenvalue weighted by Gasteiger charge is 2.32. The van der Waals surface area contributed by atoms with Crippen LogP contribution in [0.3, 0.4) is 0 Å². The summed E-state index contributed by atoms with van der Waals surface area (Å²) in [6.45, 7) is 4.65. The number of hydrogen-bond donors (Lipinski definition) is 2. The molecule has 0 unspecified atom stereocenters.